The van der Waals surface area contributed by atoms with E-state index in [1.807, 2.05) is 36.4 Å². The predicted molar refractivity (Wildman–Crippen MR) is 102 cm³/mol. The van der Waals surface area contributed by atoms with Gasteiger partial charge < -0.3 is 20.1 Å². The Morgan fingerprint density at radius 1 is 1.14 bits per heavy atom. The van der Waals surface area contributed by atoms with Gasteiger partial charge in [-0.05, 0) is 24.3 Å². The van der Waals surface area contributed by atoms with E-state index in [9.17, 15) is 14.4 Å². The van der Waals surface area contributed by atoms with Gasteiger partial charge in [-0.15, -0.1) is 0 Å². The summed E-state index contributed by atoms with van der Waals surface area (Å²) in [7, 11) is 1.23. The third-order valence-corrected chi connectivity index (χ3v) is 4.02. The van der Waals surface area contributed by atoms with Crippen molar-refractivity contribution >= 4 is 18.0 Å². The van der Waals surface area contributed by atoms with E-state index in [4.69, 9.17) is 14.7 Å². The van der Waals surface area contributed by atoms with E-state index in [0.717, 1.165) is 5.56 Å². The lowest BCUT2D eigenvalue weighted by atomic mass is 10.0. The normalized spacial score (nSPS) is 12.4. The molecule has 2 amide bonds. The lowest BCUT2D eigenvalue weighted by Crippen LogP contribution is -2.53. The summed E-state index contributed by atoms with van der Waals surface area (Å²) in [6.07, 6.45) is 0.253. The maximum absolute atomic E-state index is 12.6. The molecule has 8 nitrogen and oxygen atoms in total. The summed E-state index contributed by atoms with van der Waals surface area (Å²) in [6, 6.07) is 9.39. The van der Waals surface area contributed by atoms with Crippen molar-refractivity contribution in [3.8, 4) is 6.07 Å². The molecule has 1 aromatic rings. The molecule has 28 heavy (non-hydrogen) atoms. The standard InChI is InChI=1S/C20H27N3O5/c1-14(2)17(23-20(26)28-13-15-9-5-4-6-10-15)18(24)22-16(19(25)27-3)11-7-8-12-21/h4-6,9-10,14,16-17H,7-8,11,13H2,1-3H3,(H,22,24)(H,23,26)/t16-,17+/m0/s1. The minimum absolute atomic E-state index is 0.0814. The van der Waals surface area contributed by atoms with Crippen molar-refractivity contribution in [2.24, 2.45) is 5.92 Å². The SMILES string of the molecule is COC(=O)[C@H](CCCC#N)NC(=O)[C@H](NC(=O)OCc1ccccc1)C(C)C. The summed E-state index contributed by atoms with van der Waals surface area (Å²) in [5.41, 5.74) is 0.825. The van der Waals surface area contributed by atoms with Gasteiger partial charge >= 0.3 is 12.1 Å². The third kappa shape index (κ3) is 8.08. The molecular weight excluding hydrogens is 362 g/mol. The molecule has 2 N–H and O–H groups in total. The monoisotopic (exact) mass is 389 g/mol. The van der Waals surface area contributed by atoms with E-state index in [0.29, 0.717) is 6.42 Å². The number of nitrogens with zero attached hydrogens (tertiary/aromatic N) is 1. The van der Waals surface area contributed by atoms with E-state index in [1.54, 1.807) is 13.8 Å². The van der Waals surface area contributed by atoms with E-state index < -0.39 is 30.1 Å². The maximum Gasteiger partial charge on any atom is 0.408 e. The molecule has 152 valence electrons. The van der Waals surface area contributed by atoms with Crippen molar-refractivity contribution < 1.29 is 23.9 Å². The number of hydrogen-bond donors (Lipinski definition) is 2. The molecule has 0 saturated carbocycles. The van der Waals surface area contributed by atoms with Crippen LogP contribution in [-0.4, -0.2) is 37.2 Å². The van der Waals surface area contributed by atoms with E-state index in [-0.39, 0.29) is 25.4 Å². The lowest BCUT2D eigenvalue weighted by molar-refractivity contribution is -0.145. The first-order valence-electron chi connectivity index (χ1n) is 9.11. The van der Waals surface area contributed by atoms with Crippen molar-refractivity contribution in [2.75, 3.05) is 7.11 Å². The Labute approximate surface area is 165 Å². The Bertz CT molecular complexity index is 685. The van der Waals surface area contributed by atoms with Crippen molar-refractivity contribution in [1.29, 1.82) is 5.26 Å². The highest BCUT2D eigenvalue weighted by Gasteiger charge is 2.29. The molecule has 0 unspecified atom stereocenters. The molecule has 8 heteroatoms. The average molecular weight is 389 g/mol. The van der Waals surface area contributed by atoms with Gasteiger partial charge in [-0.25, -0.2) is 9.59 Å². The molecule has 0 radical (unpaired) electrons. The van der Waals surface area contributed by atoms with Gasteiger partial charge in [0.2, 0.25) is 5.91 Å². The summed E-state index contributed by atoms with van der Waals surface area (Å²) in [4.78, 5) is 36.6. The van der Waals surface area contributed by atoms with E-state index in [2.05, 4.69) is 10.6 Å². The highest BCUT2D eigenvalue weighted by Crippen LogP contribution is 2.08. The van der Waals surface area contributed by atoms with Crippen LogP contribution in [0.15, 0.2) is 30.3 Å². The van der Waals surface area contributed by atoms with Crippen LogP contribution < -0.4 is 10.6 Å². The van der Waals surface area contributed by atoms with E-state index in [1.165, 1.54) is 7.11 Å². The highest BCUT2D eigenvalue weighted by atomic mass is 16.5. The van der Waals surface area contributed by atoms with Gasteiger partial charge in [0.25, 0.3) is 0 Å². The van der Waals surface area contributed by atoms with Crippen LogP contribution in [0.4, 0.5) is 4.79 Å². The quantitative estimate of drug-likeness (QED) is 0.468. The number of amides is 2. The fraction of sp³-hybridized carbons (Fsp3) is 0.500. The van der Waals surface area contributed by atoms with Crippen LogP contribution >= 0.6 is 0 Å². The van der Waals surface area contributed by atoms with Gasteiger partial charge in [0.05, 0.1) is 13.2 Å². The van der Waals surface area contributed by atoms with Crippen molar-refractivity contribution in [1.82, 2.24) is 10.6 Å². The van der Waals surface area contributed by atoms with Gasteiger partial charge in [-0.2, -0.15) is 5.26 Å². The van der Waals surface area contributed by atoms with E-state index >= 15 is 0 Å². The zero-order chi connectivity index (χ0) is 20.9. The van der Waals surface area contributed by atoms with Gasteiger partial charge in [0.15, 0.2) is 0 Å². The molecule has 0 saturated heterocycles. The number of rotatable bonds is 10. The molecule has 1 rings (SSSR count). The first kappa shape index (κ1) is 23.0. The van der Waals surface area contributed by atoms with Crippen LogP contribution in [0.25, 0.3) is 0 Å². The average Bonchev–Trinajstić information content (AvgIpc) is 2.69. The van der Waals surface area contributed by atoms with Gasteiger partial charge in [0.1, 0.15) is 18.7 Å². The zero-order valence-electron chi connectivity index (χ0n) is 16.4. The second-order valence-corrected chi connectivity index (χ2v) is 6.56. The number of benzene rings is 1. The molecule has 0 fully saturated rings. The topological polar surface area (TPSA) is 118 Å². The smallest absolute Gasteiger partial charge is 0.408 e. The van der Waals surface area contributed by atoms with Crippen molar-refractivity contribution in [3.05, 3.63) is 35.9 Å². The second kappa shape index (κ2) is 12.3. The Morgan fingerprint density at radius 2 is 1.82 bits per heavy atom. The number of unbranched alkanes of at least 4 members (excludes halogenated alkanes) is 1. The molecule has 0 heterocycles. The first-order valence-corrected chi connectivity index (χ1v) is 9.11. The number of esters is 1. The Hall–Kier alpha value is -3.08. The molecule has 1 aromatic carbocycles. The zero-order valence-corrected chi connectivity index (χ0v) is 16.4. The van der Waals surface area contributed by atoms with Crippen LogP contribution in [0.5, 0.6) is 0 Å². The second-order valence-electron chi connectivity index (χ2n) is 6.56. The number of nitriles is 1. The van der Waals surface area contributed by atoms with Crippen LogP contribution in [0.3, 0.4) is 0 Å². The molecule has 0 spiro atoms. The maximum atomic E-state index is 12.6. The summed E-state index contributed by atoms with van der Waals surface area (Å²) in [5, 5.41) is 13.8. The van der Waals surface area contributed by atoms with Gasteiger partial charge in [0, 0.05) is 6.42 Å². The van der Waals surface area contributed by atoms with Crippen LogP contribution in [-0.2, 0) is 25.7 Å². The molecule has 0 aliphatic heterocycles. The minimum atomic E-state index is -0.883. The Kier molecular flexibility index (Phi) is 10.1. The predicted octanol–water partition coefficient (Wildman–Crippen LogP) is 2.29. The number of carbonyl (C=O) groups is 3. The number of methoxy groups -OCH3 is 1. The van der Waals surface area contributed by atoms with Crippen molar-refractivity contribution in [2.45, 2.75) is 51.8 Å². The summed E-state index contributed by atoms with van der Waals surface area (Å²) in [5.74, 6) is -1.35. The molecular formula is C20H27N3O5. The molecule has 0 bridgehead atoms. The third-order valence-electron chi connectivity index (χ3n) is 4.02. The molecule has 0 aliphatic rings. The summed E-state index contributed by atoms with van der Waals surface area (Å²) in [6.45, 7) is 3.62. The molecule has 2 atom stereocenters. The van der Waals surface area contributed by atoms with Crippen LogP contribution in [0.1, 0.15) is 38.7 Å². The fourth-order valence-corrected chi connectivity index (χ4v) is 2.46. The molecule has 0 aromatic heterocycles. The number of alkyl carbamates (subject to hydrolysis) is 1. The lowest BCUT2D eigenvalue weighted by Gasteiger charge is -2.24. The van der Waals surface area contributed by atoms with Gasteiger partial charge in [-0.1, -0.05) is 44.2 Å². The Morgan fingerprint density at radius 3 is 2.39 bits per heavy atom. The van der Waals surface area contributed by atoms with Crippen LogP contribution in [0.2, 0.25) is 0 Å². The highest BCUT2D eigenvalue weighted by molar-refractivity contribution is 5.89. The minimum Gasteiger partial charge on any atom is -0.467 e. The first-order chi connectivity index (χ1) is 13.4. The number of ether oxygens (including phenoxy) is 2. The van der Waals surface area contributed by atoms with Gasteiger partial charge in [-0.3, -0.25) is 4.79 Å². The number of nitrogens with one attached hydrogen (secondary N) is 2. The van der Waals surface area contributed by atoms with Crippen LogP contribution in [0, 0.1) is 17.2 Å². The summed E-state index contributed by atoms with van der Waals surface area (Å²) < 4.78 is 9.86. The van der Waals surface area contributed by atoms with Crippen molar-refractivity contribution in [3.63, 3.8) is 0 Å². The molecule has 0 aliphatic carbocycles. The fourth-order valence-electron chi connectivity index (χ4n) is 2.46. The Balaban J connectivity index is 2.66. The largest absolute Gasteiger partial charge is 0.467 e. The number of carbonyl (C=O) groups excluding carboxylic acids is 3. The summed E-state index contributed by atoms with van der Waals surface area (Å²) >= 11 is 0. The number of hydrogen-bond acceptors (Lipinski definition) is 6.